The maximum absolute atomic E-state index is 13.0. The van der Waals surface area contributed by atoms with Gasteiger partial charge in [0.25, 0.3) is 5.91 Å². The Morgan fingerprint density at radius 3 is 2.62 bits per heavy atom. The van der Waals surface area contributed by atoms with Crippen LogP contribution in [0.15, 0.2) is 22.7 Å². The summed E-state index contributed by atoms with van der Waals surface area (Å²) in [6.07, 6.45) is 3.08. The van der Waals surface area contributed by atoms with E-state index in [4.69, 9.17) is 4.74 Å². The fraction of sp³-hybridized carbons (Fsp3) is 0.550. The number of carbonyl (C=O) groups excluding carboxylic acids is 3. The molecular formula is C20H25BrN4O4. The van der Waals surface area contributed by atoms with Gasteiger partial charge in [0.05, 0.1) is 24.6 Å². The van der Waals surface area contributed by atoms with Gasteiger partial charge in [0.1, 0.15) is 11.6 Å². The van der Waals surface area contributed by atoms with Gasteiger partial charge in [-0.1, -0.05) is 28.8 Å². The summed E-state index contributed by atoms with van der Waals surface area (Å²) < 4.78 is 6.25. The van der Waals surface area contributed by atoms with Crippen LogP contribution in [0.5, 0.6) is 0 Å². The first-order chi connectivity index (χ1) is 13.9. The molecule has 3 aliphatic rings. The van der Waals surface area contributed by atoms with Gasteiger partial charge in [0.15, 0.2) is 0 Å². The second-order valence-corrected chi connectivity index (χ2v) is 8.74. The Bertz CT molecular complexity index is 834. The number of nitrogens with zero attached hydrogens (tertiary/aromatic N) is 2. The number of carbonyl (C=O) groups is 3. The summed E-state index contributed by atoms with van der Waals surface area (Å²) in [5.41, 5.74) is 0.711. The van der Waals surface area contributed by atoms with Crippen LogP contribution in [0.1, 0.15) is 32.6 Å². The number of amides is 4. The number of morpholine rings is 1. The highest BCUT2D eigenvalue weighted by Gasteiger charge is 2.54. The maximum atomic E-state index is 13.0. The number of halogens is 1. The molecule has 0 radical (unpaired) electrons. The Morgan fingerprint density at radius 1 is 1.24 bits per heavy atom. The Morgan fingerprint density at radius 2 is 1.93 bits per heavy atom. The van der Waals surface area contributed by atoms with E-state index in [1.165, 1.54) is 0 Å². The minimum Gasteiger partial charge on any atom is -0.378 e. The number of benzene rings is 1. The highest BCUT2D eigenvalue weighted by atomic mass is 79.9. The lowest BCUT2D eigenvalue weighted by Gasteiger charge is -2.31. The monoisotopic (exact) mass is 464 g/mol. The van der Waals surface area contributed by atoms with E-state index < -0.39 is 23.5 Å². The fourth-order valence-electron chi connectivity index (χ4n) is 4.35. The van der Waals surface area contributed by atoms with Gasteiger partial charge in [-0.3, -0.25) is 9.59 Å². The van der Waals surface area contributed by atoms with Crippen molar-refractivity contribution in [2.24, 2.45) is 0 Å². The van der Waals surface area contributed by atoms with Gasteiger partial charge >= 0.3 is 6.03 Å². The Balaban J connectivity index is 1.53. The molecule has 2 aliphatic heterocycles. The number of nitrogens with one attached hydrogen (secondary N) is 2. The van der Waals surface area contributed by atoms with Crippen LogP contribution in [0.3, 0.4) is 0 Å². The summed E-state index contributed by atoms with van der Waals surface area (Å²) in [4.78, 5) is 41.7. The van der Waals surface area contributed by atoms with Crippen LogP contribution < -0.4 is 15.5 Å². The zero-order valence-electron chi connectivity index (χ0n) is 16.4. The lowest BCUT2D eigenvalue weighted by molar-refractivity contribution is -0.136. The van der Waals surface area contributed by atoms with E-state index in [1.807, 2.05) is 18.2 Å². The third kappa shape index (κ3) is 3.73. The molecule has 4 amide bonds. The van der Waals surface area contributed by atoms with E-state index in [1.54, 1.807) is 6.92 Å². The molecular weight excluding hydrogens is 440 g/mol. The number of urea groups is 1. The molecule has 4 rings (SSSR count). The molecule has 3 fully saturated rings. The summed E-state index contributed by atoms with van der Waals surface area (Å²) in [6, 6.07) is 4.31. The molecule has 0 bridgehead atoms. The third-order valence-corrected chi connectivity index (χ3v) is 6.48. The van der Waals surface area contributed by atoms with Crippen LogP contribution in [-0.4, -0.2) is 60.6 Å². The molecule has 8 nitrogen and oxygen atoms in total. The Kier molecular flexibility index (Phi) is 5.52. The van der Waals surface area contributed by atoms with E-state index in [0.717, 1.165) is 41.0 Å². The van der Waals surface area contributed by atoms with Gasteiger partial charge in [-0.25, -0.2) is 9.69 Å². The molecule has 2 saturated heterocycles. The van der Waals surface area contributed by atoms with Crippen molar-refractivity contribution in [2.45, 2.75) is 44.2 Å². The molecule has 1 aliphatic carbocycles. The van der Waals surface area contributed by atoms with Crippen molar-refractivity contribution >= 4 is 45.2 Å². The molecule has 9 heteroatoms. The van der Waals surface area contributed by atoms with Gasteiger partial charge in [0, 0.05) is 17.6 Å². The predicted octanol–water partition coefficient (Wildman–Crippen LogP) is 2.48. The largest absolute Gasteiger partial charge is 0.378 e. The average Bonchev–Trinajstić information content (AvgIpc) is 3.27. The van der Waals surface area contributed by atoms with Crippen LogP contribution >= 0.6 is 15.9 Å². The molecule has 1 aromatic rings. The second-order valence-electron chi connectivity index (χ2n) is 7.82. The van der Waals surface area contributed by atoms with Crippen molar-refractivity contribution in [3.05, 3.63) is 22.7 Å². The number of imide groups is 1. The average molecular weight is 465 g/mol. The molecule has 1 unspecified atom stereocenters. The first-order valence-corrected chi connectivity index (χ1v) is 10.8. The topological polar surface area (TPSA) is 91.0 Å². The number of ether oxygens (including phenoxy) is 1. The van der Waals surface area contributed by atoms with Crippen LogP contribution in [-0.2, 0) is 14.3 Å². The molecule has 1 spiro atoms. The van der Waals surface area contributed by atoms with Gasteiger partial charge in [-0.05, 0) is 38.0 Å². The van der Waals surface area contributed by atoms with E-state index in [2.05, 4.69) is 31.5 Å². The summed E-state index contributed by atoms with van der Waals surface area (Å²) in [5.74, 6) is -0.679. The molecule has 1 aromatic carbocycles. The molecule has 29 heavy (non-hydrogen) atoms. The van der Waals surface area contributed by atoms with Crippen molar-refractivity contribution in [1.82, 2.24) is 10.2 Å². The van der Waals surface area contributed by atoms with E-state index >= 15 is 0 Å². The van der Waals surface area contributed by atoms with E-state index in [-0.39, 0.29) is 5.91 Å². The highest BCUT2D eigenvalue weighted by molar-refractivity contribution is 9.10. The lowest BCUT2D eigenvalue weighted by atomic mass is 9.97. The minimum atomic E-state index is -0.904. The quantitative estimate of drug-likeness (QED) is 0.667. The third-order valence-electron chi connectivity index (χ3n) is 5.99. The Labute approximate surface area is 178 Å². The summed E-state index contributed by atoms with van der Waals surface area (Å²) >= 11 is 3.45. The predicted molar refractivity (Wildman–Crippen MR) is 112 cm³/mol. The van der Waals surface area contributed by atoms with Crippen LogP contribution in [0.25, 0.3) is 0 Å². The molecule has 2 N–H and O–H groups in total. The van der Waals surface area contributed by atoms with Gasteiger partial charge in [0.2, 0.25) is 5.91 Å². The maximum Gasteiger partial charge on any atom is 0.325 e. The number of hydrogen-bond acceptors (Lipinski definition) is 5. The smallest absolute Gasteiger partial charge is 0.325 e. The summed E-state index contributed by atoms with van der Waals surface area (Å²) in [5, 5.41) is 5.75. The number of hydrogen-bond donors (Lipinski definition) is 2. The standard InChI is InChI=1S/C20H25BrN4O4/c1-13(25-18(27)20(23-19(25)28)6-2-3-7-20)17(26)22-15-12-14(21)4-5-16(15)24-8-10-29-11-9-24/h4-5,12-13H,2-3,6-11H2,1H3,(H,22,26)(H,23,28). The normalized spacial score (nSPS) is 22.1. The van der Waals surface area contributed by atoms with E-state index in [0.29, 0.717) is 31.7 Å². The first kappa shape index (κ1) is 20.2. The van der Waals surface area contributed by atoms with Crippen molar-refractivity contribution < 1.29 is 19.1 Å². The molecule has 1 saturated carbocycles. The van der Waals surface area contributed by atoms with Crippen molar-refractivity contribution in [1.29, 1.82) is 0 Å². The second kappa shape index (κ2) is 7.95. The van der Waals surface area contributed by atoms with Crippen molar-refractivity contribution in [2.75, 3.05) is 36.5 Å². The zero-order chi connectivity index (χ0) is 20.6. The molecule has 156 valence electrons. The SMILES string of the molecule is CC(C(=O)Nc1cc(Br)ccc1N1CCOCC1)N1C(=O)NC2(CCCC2)C1=O. The zero-order valence-corrected chi connectivity index (χ0v) is 18.0. The molecule has 2 heterocycles. The van der Waals surface area contributed by atoms with Gasteiger partial charge in [-0.2, -0.15) is 0 Å². The summed E-state index contributed by atoms with van der Waals surface area (Å²) in [6.45, 7) is 4.31. The number of rotatable bonds is 4. The van der Waals surface area contributed by atoms with Crippen LogP contribution in [0.4, 0.5) is 16.2 Å². The van der Waals surface area contributed by atoms with Crippen LogP contribution in [0.2, 0.25) is 0 Å². The lowest BCUT2D eigenvalue weighted by Crippen LogP contribution is -2.48. The minimum absolute atomic E-state index is 0.287. The van der Waals surface area contributed by atoms with Crippen molar-refractivity contribution in [3.63, 3.8) is 0 Å². The van der Waals surface area contributed by atoms with E-state index in [9.17, 15) is 14.4 Å². The molecule has 1 atom stereocenters. The molecule has 0 aromatic heterocycles. The van der Waals surface area contributed by atoms with Gasteiger partial charge < -0.3 is 20.3 Å². The number of anilines is 2. The van der Waals surface area contributed by atoms with Crippen molar-refractivity contribution in [3.8, 4) is 0 Å². The van der Waals surface area contributed by atoms with Crippen LogP contribution in [0, 0.1) is 0 Å². The summed E-state index contributed by atoms with van der Waals surface area (Å²) in [7, 11) is 0. The highest BCUT2D eigenvalue weighted by Crippen LogP contribution is 2.36. The van der Waals surface area contributed by atoms with Gasteiger partial charge in [-0.15, -0.1) is 0 Å². The Hall–Kier alpha value is -2.13. The fourth-order valence-corrected chi connectivity index (χ4v) is 4.71. The first-order valence-electron chi connectivity index (χ1n) is 10.0.